The van der Waals surface area contributed by atoms with Crippen molar-refractivity contribution in [3.8, 4) is 5.75 Å². The Morgan fingerprint density at radius 2 is 2.00 bits per heavy atom. The minimum Gasteiger partial charge on any atom is -0.488 e. The number of benzene rings is 2. The Morgan fingerprint density at radius 1 is 1.23 bits per heavy atom. The van der Waals surface area contributed by atoms with E-state index in [1.54, 1.807) is 18.2 Å². The van der Waals surface area contributed by atoms with Crippen LogP contribution in [-0.2, 0) is 6.61 Å². The van der Waals surface area contributed by atoms with Gasteiger partial charge in [-0.1, -0.05) is 35.9 Å². The molecule has 0 aromatic heterocycles. The summed E-state index contributed by atoms with van der Waals surface area (Å²) in [7, 11) is 0. The van der Waals surface area contributed by atoms with Crippen molar-refractivity contribution in [3.63, 3.8) is 0 Å². The number of rotatable bonds is 5. The van der Waals surface area contributed by atoms with Crippen LogP contribution in [0.15, 0.2) is 52.7 Å². The van der Waals surface area contributed by atoms with E-state index in [1.165, 1.54) is 11.8 Å². The number of aryl methyl sites for hydroxylation is 1. The molecule has 0 aliphatic carbocycles. The molecular weight excluding hydrogens is 300 g/mol. The average molecular weight is 317 g/mol. The number of ether oxygens (including phenoxy) is 1. The minimum atomic E-state index is -0.111. The van der Waals surface area contributed by atoms with Crippen LogP contribution >= 0.6 is 11.6 Å². The van der Waals surface area contributed by atoms with E-state index < -0.39 is 0 Å². The Bertz CT molecular complexity index is 709. The zero-order valence-electron chi connectivity index (χ0n) is 12.2. The van der Waals surface area contributed by atoms with Crippen molar-refractivity contribution < 1.29 is 4.74 Å². The van der Waals surface area contributed by atoms with Crippen LogP contribution in [0.5, 0.6) is 5.75 Å². The summed E-state index contributed by atoms with van der Waals surface area (Å²) in [6.07, 6.45) is 1.50. The summed E-state index contributed by atoms with van der Waals surface area (Å²) >= 11 is 6.00. The highest BCUT2D eigenvalue weighted by Gasteiger charge is 2.05. The van der Waals surface area contributed by atoms with Crippen LogP contribution in [0.25, 0.3) is 0 Å². The SMILES string of the molecule is Cc1ccccc1COc1ccc(Cl)cc1C=NN=C(N)N. The summed E-state index contributed by atoms with van der Waals surface area (Å²) in [6, 6.07) is 13.3. The van der Waals surface area contributed by atoms with E-state index in [0.29, 0.717) is 22.9 Å². The predicted octanol–water partition coefficient (Wildman–Crippen LogP) is 2.83. The third-order valence-corrected chi connectivity index (χ3v) is 3.22. The maximum absolute atomic E-state index is 6.00. The van der Waals surface area contributed by atoms with Gasteiger partial charge in [-0.25, -0.2) is 0 Å². The van der Waals surface area contributed by atoms with Crippen molar-refractivity contribution in [2.75, 3.05) is 0 Å². The van der Waals surface area contributed by atoms with E-state index >= 15 is 0 Å². The lowest BCUT2D eigenvalue weighted by Gasteiger charge is -2.11. The molecule has 0 bridgehead atoms. The number of halogens is 1. The number of nitrogens with two attached hydrogens (primary N) is 2. The van der Waals surface area contributed by atoms with Crippen molar-refractivity contribution in [1.82, 2.24) is 0 Å². The fourth-order valence-electron chi connectivity index (χ4n) is 1.84. The first kappa shape index (κ1) is 15.9. The monoisotopic (exact) mass is 316 g/mol. The molecule has 0 fully saturated rings. The second-order valence-corrected chi connectivity index (χ2v) is 5.10. The van der Waals surface area contributed by atoms with Gasteiger partial charge in [0.2, 0.25) is 5.96 Å². The Balaban J connectivity index is 2.18. The summed E-state index contributed by atoms with van der Waals surface area (Å²) in [4.78, 5) is 0. The zero-order valence-corrected chi connectivity index (χ0v) is 12.9. The first-order valence-corrected chi connectivity index (χ1v) is 7.03. The van der Waals surface area contributed by atoms with Gasteiger partial charge in [0.05, 0.1) is 6.21 Å². The zero-order chi connectivity index (χ0) is 15.9. The molecule has 5 nitrogen and oxygen atoms in total. The fourth-order valence-corrected chi connectivity index (χ4v) is 2.02. The maximum atomic E-state index is 6.00. The predicted molar refractivity (Wildman–Crippen MR) is 90.4 cm³/mol. The van der Waals surface area contributed by atoms with Gasteiger partial charge >= 0.3 is 0 Å². The Morgan fingerprint density at radius 3 is 2.73 bits per heavy atom. The van der Waals surface area contributed by atoms with Crippen LogP contribution < -0.4 is 16.2 Å². The summed E-state index contributed by atoms with van der Waals surface area (Å²) in [5.41, 5.74) is 13.5. The molecule has 22 heavy (non-hydrogen) atoms. The van der Waals surface area contributed by atoms with Crippen LogP contribution in [0.2, 0.25) is 5.02 Å². The highest BCUT2D eigenvalue weighted by molar-refractivity contribution is 6.30. The summed E-state index contributed by atoms with van der Waals surface area (Å²) in [6.45, 7) is 2.50. The van der Waals surface area contributed by atoms with Crippen LogP contribution in [0.3, 0.4) is 0 Å². The lowest BCUT2D eigenvalue weighted by molar-refractivity contribution is 0.305. The smallest absolute Gasteiger partial charge is 0.211 e. The molecular formula is C16H17ClN4O. The first-order chi connectivity index (χ1) is 10.6. The largest absolute Gasteiger partial charge is 0.488 e. The van der Waals surface area contributed by atoms with E-state index in [0.717, 1.165) is 5.56 Å². The van der Waals surface area contributed by atoms with Crippen molar-refractivity contribution in [3.05, 3.63) is 64.2 Å². The van der Waals surface area contributed by atoms with Gasteiger partial charge in [0, 0.05) is 10.6 Å². The Kier molecular flexibility index (Phi) is 5.38. The van der Waals surface area contributed by atoms with E-state index in [9.17, 15) is 0 Å². The van der Waals surface area contributed by atoms with Crippen LogP contribution in [0.4, 0.5) is 0 Å². The number of guanidine groups is 1. The first-order valence-electron chi connectivity index (χ1n) is 6.65. The number of hydrogen-bond donors (Lipinski definition) is 2. The molecule has 0 spiro atoms. The Hall–Kier alpha value is -2.53. The Labute approximate surface area is 134 Å². The number of hydrogen-bond acceptors (Lipinski definition) is 3. The summed E-state index contributed by atoms with van der Waals surface area (Å²) in [5.74, 6) is 0.544. The molecule has 0 radical (unpaired) electrons. The molecule has 0 unspecified atom stereocenters. The molecule has 4 N–H and O–H groups in total. The highest BCUT2D eigenvalue weighted by atomic mass is 35.5. The molecule has 2 aromatic carbocycles. The third kappa shape index (κ3) is 4.49. The van der Waals surface area contributed by atoms with Crippen LogP contribution in [0, 0.1) is 6.92 Å². The highest BCUT2D eigenvalue weighted by Crippen LogP contribution is 2.23. The normalized spacial score (nSPS) is 10.6. The molecule has 2 rings (SSSR count). The van der Waals surface area contributed by atoms with Crippen LogP contribution in [0.1, 0.15) is 16.7 Å². The molecule has 0 aliphatic heterocycles. The van der Waals surface area contributed by atoms with Gasteiger partial charge in [-0.15, -0.1) is 5.10 Å². The van der Waals surface area contributed by atoms with E-state index in [1.807, 2.05) is 31.2 Å². The molecule has 0 heterocycles. The van der Waals surface area contributed by atoms with E-state index in [2.05, 4.69) is 10.2 Å². The number of nitrogens with zero attached hydrogens (tertiary/aromatic N) is 2. The van der Waals surface area contributed by atoms with Gasteiger partial charge in [-0.3, -0.25) is 0 Å². The van der Waals surface area contributed by atoms with Crippen molar-refractivity contribution in [2.24, 2.45) is 21.7 Å². The maximum Gasteiger partial charge on any atom is 0.211 e. The lowest BCUT2D eigenvalue weighted by atomic mass is 10.1. The van der Waals surface area contributed by atoms with Crippen molar-refractivity contribution in [2.45, 2.75) is 13.5 Å². The summed E-state index contributed by atoms with van der Waals surface area (Å²) < 4.78 is 5.86. The topological polar surface area (TPSA) is 86.0 Å². The molecule has 6 heteroatoms. The van der Waals surface area contributed by atoms with Gasteiger partial charge in [0.25, 0.3) is 0 Å². The second kappa shape index (κ2) is 7.47. The quantitative estimate of drug-likeness (QED) is 0.505. The molecule has 0 aliphatic rings. The summed E-state index contributed by atoms with van der Waals surface area (Å²) in [5, 5.41) is 7.93. The van der Waals surface area contributed by atoms with Crippen molar-refractivity contribution >= 4 is 23.8 Å². The minimum absolute atomic E-state index is 0.111. The van der Waals surface area contributed by atoms with Gasteiger partial charge in [0.1, 0.15) is 12.4 Å². The van der Waals surface area contributed by atoms with Gasteiger partial charge in [0.15, 0.2) is 0 Å². The van der Waals surface area contributed by atoms with E-state index in [-0.39, 0.29) is 5.96 Å². The second-order valence-electron chi connectivity index (χ2n) is 4.67. The van der Waals surface area contributed by atoms with Gasteiger partial charge < -0.3 is 16.2 Å². The molecule has 0 atom stereocenters. The fraction of sp³-hybridized carbons (Fsp3) is 0.125. The average Bonchev–Trinajstić information content (AvgIpc) is 2.47. The molecule has 0 saturated heterocycles. The van der Waals surface area contributed by atoms with Gasteiger partial charge in [-0.2, -0.15) is 5.10 Å². The molecule has 0 saturated carbocycles. The molecule has 2 aromatic rings. The van der Waals surface area contributed by atoms with Gasteiger partial charge in [-0.05, 0) is 36.2 Å². The lowest BCUT2D eigenvalue weighted by Crippen LogP contribution is -2.21. The van der Waals surface area contributed by atoms with Crippen LogP contribution in [-0.4, -0.2) is 12.2 Å². The van der Waals surface area contributed by atoms with E-state index in [4.69, 9.17) is 27.8 Å². The molecule has 0 amide bonds. The standard InChI is InChI=1S/C16H17ClN4O/c1-11-4-2-3-5-12(11)10-22-15-7-6-14(17)8-13(15)9-20-21-16(18)19/h2-9H,10H2,1H3,(H4,18,19,21). The third-order valence-electron chi connectivity index (χ3n) is 2.99. The molecule has 114 valence electrons. The van der Waals surface area contributed by atoms with Crippen molar-refractivity contribution in [1.29, 1.82) is 0 Å².